The first-order valence-electron chi connectivity index (χ1n) is 12.3. The molecule has 0 saturated heterocycles. The third-order valence-corrected chi connectivity index (χ3v) is 11.1. The maximum absolute atomic E-state index is 9.00. The first-order chi connectivity index (χ1) is 16.9. The van der Waals surface area contributed by atoms with E-state index in [2.05, 4.69) is 91.0 Å². The number of carboxylic acids is 2. The summed E-state index contributed by atoms with van der Waals surface area (Å²) in [4.78, 5) is 17.9. The Bertz CT molecular complexity index is 882. The normalized spacial score (nSPS) is 14.1. The lowest BCUT2D eigenvalue weighted by Crippen LogP contribution is -2.39. The summed E-state index contributed by atoms with van der Waals surface area (Å²) in [5.74, 6) is -1.92. The Morgan fingerprint density at radius 3 is 1.20 bits per heavy atom. The summed E-state index contributed by atoms with van der Waals surface area (Å²) in [7, 11) is -1.68. The molecule has 0 aromatic heterocycles. The van der Waals surface area contributed by atoms with Crippen LogP contribution in [0.25, 0.3) is 0 Å². The highest BCUT2D eigenvalue weighted by Crippen LogP contribution is 2.62. The van der Waals surface area contributed by atoms with E-state index in [1.807, 2.05) is 0 Å². The highest BCUT2D eigenvalue weighted by Gasteiger charge is 2.51. The molecule has 1 aliphatic carbocycles. The second-order valence-electron chi connectivity index (χ2n) is 8.74. The molecule has 0 heterocycles. The Labute approximate surface area is 210 Å². The van der Waals surface area contributed by atoms with Gasteiger partial charge in [0.05, 0.1) is 5.66 Å². The van der Waals surface area contributed by atoms with Crippen molar-refractivity contribution in [3.63, 3.8) is 0 Å². The summed E-state index contributed by atoms with van der Waals surface area (Å²) in [6.07, 6.45) is 9.67. The molecule has 3 aromatic rings. The predicted octanol–water partition coefficient (Wildman–Crippen LogP) is 4.94. The van der Waals surface area contributed by atoms with E-state index in [4.69, 9.17) is 19.8 Å². The van der Waals surface area contributed by atoms with E-state index in [1.165, 1.54) is 44.9 Å². The van der Waals surface area contributed by atoms with Crippen LogP contribution in [-0.4, -0.2) is 22.7 Å². The maximum Gasteiger partial charge on any atom is 0.300 e. The molecule has 0 radical (unpaired) electrons. The van der Waals surface area contributed by atoms with Crippen molar-refractivity contribution < 1.29 is 19.8 Å². The quantitative estimate of drug-likeness (QED) is 0.524. The van der Waals surface area contributed by atoms with E-state index in [-0.39, 0.29) is 0 Å². The fourth-order valence-corrected chi connectivity index (χ4v) is 10.1. The number of rotatable bonds is 4. The highest BCUT2D eigenvalue weighted by molar-refractivity contribution is 7.96. The second-order valence-corrected chi connectivity index (χ2v) is 12.5. The number of aliphatic carboxylic acids is 2. The van der Waals surface area contributed by atoms with Crippen LogP contribution in [0.4, 0.5) is 0 Å². The lowest BCUT2D eigenvalue weighted by molar-refractivity contribution is -0.302. The van der Waals surface area contributed by atoms with Crippen LogP contribution in [0.2, 0.25) is 0 Å². The fourth-order valence-electron chi connectivity index (χ4n) is 4.89. The third-order valence-electron chi connectivity index (χ3n) is 6.11. The molecule has 1 fully saturated rings. The number of benzene rings is 3. The molecular weight excluding hydrogens is 455 g/mol. The minimum absolute atomic E-state index is 0.741. The minimum Gasteiger partial charge on any atom is -0.550 e. The molecule has 35 heavy (non-hydrogen) atoms. The first-order valence-corrected chi connectivity index (χ1v) is 14.2. The summed E-state index contributed by atoms with van der Waals surface area (Å²) < 4.78 is 0. The average molecular weight is 493 g/mol. The topological polar surface area (TPSA) is 77.4 Å². The Balaban J connectivity index is 0.000000473. The van der Waals surface area contributed by atoms with Crippen molar-refractivity contribution in [3.05, 3.63) is 91.0 Å². The van der Waals surface area contributed by atoms with Gasteiger partial charge in [-0.2, -0.15) is 0 Å². The van der Waals surface area contributed by atoms with Gasteiger partial charge in [0.2, 0.25) is 0 Å². The summed E-state index contributed by atoms with van der Waals surface area (Å²) in [5.41, 5.74) is 0.741. The molecule has 1 N–H and O–H groups in total. The Hall–Kier alpha value is -2.97. The van der Waals surface area contributed by atoms with Gasteiger partial charge in [-0.3, -0.25) is 4.79 Å². The molecule has 4 nitrogen and oxygen atoms in total. The molecule has 0 unspecified atom stereocenters. The van der Waals surface area contributed by atoms with Crippen LogP contribution < -0.4 is 21.0 Å². The molecule has 0 spiro atoms. The number of carbonyl (C=O) groups excluding carboxylic acids is 1. The molecule has 1 aliphatic rings. The molecule has 5 heteroatoms. The Morgan fingerprint density at radius 1 is 0.657 bits per heavy atom. The number of hydrogen-bond acceptors (Lipinski definition) is 3. The van der Waals surface area contributed by atoms with E-state index in [0.717, 1.165) is 19.5 Å². The molecule has 186 valence electrons. The van der Waals surface area contributed by atoms with Crippen LogP contribution in [0.15, 0.2) is 91.0 Å². The van der Waals surface area contributed by atoms with Gasteiger partial charge in [-0.15, -0.1) is 0 Å². The van der Waals surface area contributed by atoms with Crippen molar-refractivity contribution in [2.24, 2.45) is 0 Å². The Morgan fingerprint density at radius 2 is 0.914 bits per heavy atom. The van der Waals surface area contributed by atoms with Gasteiger partial charge in [0, 0.05) is 12.9 Å². The zero-order chi connectivity index (χ0) is 25.5. The largest absolute Gasteiger partial charge is 0.550 e. The zero-order valence-corrected chi connectivity index (χ0v) is 21.7. The zero-order valence-electron chi connectivity index (χ0n) is 20.8. The van der Waals surface area contributed by atoms with Crippen molar-refractivity contribution in [1.29, 1.82) is 0 Å². The number of carboxylic acid groups (broad SMARTS) is 2. The van der Waals surface area contributed by atoms with Gasteiger partial charge in [-0.25, -0.2) is 0 Å². The van der Waals surface area contributed by atoms with E-state index in [1.54, 1.807) is 15.9 Å². The monoisotopic (exact) mass is 492 g/mol. The van der Waals surface area contributed by atoms with Crippen LogP contribution in [-0.2, 0) is 9.59 Å². The van der Waals surface area contributed by atoms with E-state index in [0.29, 0.717) is 0 Å². The average Bonchev–Trinajstić information content (AvgIpc) is 2.82. The van der Waals surface area contributed by atoms with Crippen LogP contribution in [0, 0.1) is 0 Å². The number of carbonyl (C=O) groups is 2. The second kappa shape index (κ2) is 15.1. The first kappa shape index (κ1) is 28.3. The highest BCUT2D eigenvalue weighted by atomic mass is 31.2. The maximum atomic E-state index is 9.00. The minimum atomic E-state index is -1.68. The van der Waals surface area contributed by atoms with Crippen LogP contribution in [0.1, 0.15) is 58.8 Å². The van der Waals surface area contributed by atoms with Gasteiger partial charge in [0.15, 0.2) is 0 Å². The fraction of sp³-hybridized carbons (Fsp3) is 0.333. The Kier molecular flexibility index (Phi) is 12.2. The van der Waals surface area contributed by atoms with Crippen molar-refractivity contribution in [2.75, 3.05) is 0 Å². The van der Waals surface area contributed by atoms with E-state index >= 15 is 0 Å². The van der Waals surface area contributed by atoms with Crippen molar-refractivity contribution in [2.45, 2.75) is 64.5 Å². The van der Waals surface area contributed by atoms with Crippen molar-refractivity contribution >= 4 is 35.1 Å². The summed E-state index contributed by atoms with van der Waals surface area (Å²) in [6, 6.07) is 34.3. The van der Waals surface area contributed by atoms with Crippen molar-refractivity contribution in [3.8, 4) is 0 Å². The number of hydrogen-bond donors (Lipinski definition) is 1. The molecule has 0 aliphatic heterocycles. The summed E-state index contributed by atoms with van der Waals surface area (Å²) >= 11 is 0. The van der Waals surface area contributed by atoms with Gasteiger partial charge >= 0.3 is 0 Å². The van der Waals surface area contributed by atoms with Gasteiger partial charge in [-0.1, -0.05) is 73.9 Å². The van der Waals surface area contributed by atoms with Crippen molar-refractivity contribution in [1.82, 2.24) is 0 Å². The van der Waals surface area contributed by atoms with Crippen LogP contribution >= 0.6 is 7.26 Å². The van der Waals surface area contributed by atoms with Gasteiger partial charge in [0.25, 0.3) is 5.97 Å². The molecular formula is C30H37O4P. The predicted molar refractivity (Wildman–Crippen MR) is 145 cm³/mol. The molecule has 0 atom stereocenters. The van der Waals surface area contributed by atoms with E-state index in [9.17, 15) is 0 Å². The lowest BCUT2D eigenvalue weighted by atomic mass is 10.0. The summed E-state index contributed by atoms with van der Waals surface area (Å²) in [6.45, 7) is 2.06. The van der Waals surface area contributed by atoms with E-state index < -0.39 is 19.2 Å². The molecule has 4 rings (SSSR count). The summed E-state index contributed by atoms with van der Waals surface area (Å²) in [5, 5.41) is 21.0. The van der Waals surface area contributed by atoms with Gasteiger partial charge < -0.3 is 15.0 Å². The SMILES string of the molecule is CC(=O)O.CC(=O)[O-].c1ccc([P+](c2ccccc2)(c2ccccc2)C2CCCCCCC2)cc1. The standard InChI is InChI=1S/C26H30P.2C2H4O2/c1-2-7-15-23(16-8-3-1)27(24-17-9-4-10-18-24,25-19-11-5-12-20-25)26-21-13-6-14-22-26;2*1-2(3)4/h4-6,9-14,17-23H,1-3,7-8,15-16H2;2*1H3,(H,3,4)/q+1;;/p-1. The molecule has 0 amide bonds. The lowest BCUT2D eigenvalue weighted by Gasteiger charge is -2.35. The smallest absolute Gasteiger partial charge is 0.300 e. The molecule has 0 bridgehead atoms. The third kappa shape index (κ3) is 8.64. The van der Waals surface area contributed by atoms with Crippen LogP contribution in [0.5, 0.6) is 0 Å². The molecule has 1 saturated carbocycles. The van der Waals surface area contributed by atoms with Gasteiger partial charge in [-0.05, 0) is 69.0 Å². The van der Waals surface area contributed by atoms with Crippen LogP contribution in [0.3, 0.4) is 0 Å². The van der Waals surface area contributed by atoms with Gasteiger partial charge in [0.1, 0.15) is 23.2 Å². The molecule has 3 aromatic carbocycles.